The summed E-state index contributed by atoms with van der Waals surface area (Å²) in [6.07, 6.45) is 12.3. The fourth-order valence-corrected chi connectivity index (χ4v) is 4.40. The summed E-state index contributed by atoms with van der Waals surface area (Å²) in [6, 6.07) is 8.10. The van der Waals surface area contributed by atoms with Crippen molar-refractivity contribution in [3.8, 4) is 0 Å². The van der Waals surface area contributed by atoms with Crippen molar-refractivity contribution in [2.24, 2.45) is 0 Å². The summed E-state index contributed by atoms with van der Waals surface area (Å²) < 4.78 is 12.1. The zero-order chi connectivity index (χ0) is 13.5. The van der Waals surface area contributed by atoms with Crippen LogP contribution in [0.3, 0.4) is 0 Å². The molecule has 2 fully saturated rings. The molecule has 2 aliphatic carbocycles. The van der Waals surface area contributed by atoms with E-state index >= 15 is 0 Å². The Morgan fingerprint density at radius 1 is 0.850 bits per heavy atom. The van der Waals surface area contributed by atoms with Crippen molar-refractivity contribution in [2.75, 3.05) is 0 Å². The second kappa shape index (κ2) is 9.76. The molecule has 0 aromatic heterocycles. The fourth-order valence-electron chi connectivity index (χ4n) is 2.85. The van der Waals surface area contributed by atoms with Crippen LogP contribution in [0.15, 0.2) is 29.2 Å². The third kappa shape index (κ3) is 5.71. The summed E-state index contributed by atoms with van der Waals surface area (Å²) in [5.41, 5.74) is 1.23. The van der Waals surface area contributed by atoms with Gasteiger partial charge in [-0.1, -0.05) is 62.6 Å². The van der Waals surface area contributed by atoms with Crippen molar-refractivity contribution in [2.45, 2.75) is 74.9 Å². The number of aryl methyl sites for hydroxylation is 1. The Kier molecular flexibility index (Phi) is 8.75. The van der Waals surface area contributed by atoms with Crippen molar-refractivity contribution in [1.82, 2.24) is 0 Å². The van der Waals surface area contributed by atoms with Crippen LogP contribution in [0, 0.1) is 6.92 Å². The van der Waals surface area contributed by atoms with E-state index in [0.717, 1.165) is 17.7 Å². The second-order valence-electron chi connectivity index (χ2n) is 5.78. The molecule has 1 atom stereocenters. The Labute approximate surface area is 136 Å². The molecule has 114 valence electrons. The molecule has 0 radical (unpaired) electrons. The van der Waals surface area contributed by atoms with Gasteiger partial charge in [0.1, 0.15) is 0 Å². The van der Waals surface area contributed by atoms with Gasteiger partial charge in [-0.15, -0.1) is 0 Å². The van der Waals surface area contributed by atoms with Gasteiger partial charge in [0.25, 0.3) is 0 Å². The molecule has 3 rings (SSSR count). The Hall–Kier alpha value is -0.111. The van der Waals surface area contributed by atoms with Crippen LogP contribution in [-0.2, 0) is 27.9 Å². The molecule has 0 aliphatic heterocycles. The summed E-state index contributed by atoms with van der Waals surface area (Å²) >= 11 is 0. The molecule has 0 unspecified atom stereocenters. The van der Waals surface area contributed by atoms with Gasteiger partial charge in [0.05, 0.1) is 10.8 Å². The Balaban J connectivity index is 0.000000283. The van der Waals surface area contributed by atoms with Crippen molar-refractivity contribution in [3.63, 3.8) is 0 Å². The zero-order valence-corrected chi connectivity index (χ0v) is 14.3. The van der Waals surface area contributed by atoms with E-state index in [2.05, 4.69) is 6.92 Å². The first kappa shape index (κ1) is 17.9. The largest absolute Gasteiger partial charge is 0.254 e. The predicted octanol–water partition coefficient (Wildman–Crippen LogP) is 4.99. The van der Waals surface area contributed by atoms with Crippen molar-refractivity contribution in [1.29, 1.82) is 0 Å². The molecule has 2 aliphatic rings. The van der Waals surface area contributed by atoms with Gasteiger partial charge in [0.15, 0.2) is 0 Å². The number of hydrogen-bond donors (Lipinski definition) is 0. The van der Waals surface area contributed by atoms with Gasteiger partial charge < -0.3 is 0 Å². The first-order valence-electron chi connectivity index (χ1n) is 7.74. The average Bonchev–Trinajstić information content (AvgIpc) is 3.15. The molecule has 0 bridgehead atoms. The minimum absolute atomic E-state index is 0. The van der Waals surface area contributed by atoms with Crippen LogP contribution < -0.4 is 0 Å². The van der Waals surface area contributed by atoms with Gasteiger partial charge >= 0.3 is 0 Å². The third-order valence-corrected chi connectivity index (χ3v) is 5.92. The van der Waals surface area contributed by atoms with Gasteiger partial charge in [0.2, 0.25) is 0 Å². The molecular weight excluding hydrogens is 308 g/mol. The van der Waals surface area contributed by atoms with Crippen LogP contribution in [0.4, 0.5) is 0 Å². The fraction of sp³-hybridized carbons (Fsp3) is 0.647. The first-order valence-corrected chi connectivity index (χ1v) is 8.96. The van der Waals surface area contributed by atoms with E-state index in [1.54, 1.807) is 0 Å². The van der Waals surface area contributed by atoms with Crippen molar-refractivity contribution >= 4 is 10.8 Å². The zero-order valence-electron chi connectivity index (χ0n) is 12.4. The summed E-state index contributed by atoms with van der Waals surface area (Å²) in [4.78, 5) is 1.00. The van der Waals surface area contributed by atoms with E-state index in [4.69, 9.17) is 0 Å². The SMILES string of the molecule is C1CCCC1.Cc1ccc([S@@](=O)C2CCCC2)cc1.[Fe]. The molecule has 0 saturated heterocycles. The topological polar surface area (TPSA) is 17.1 Å². The van der Waals surface area contributed by atoms with E-state index < -0.39 is 10.8 Å². The minimum Gasteiger partial charge on any atom is -0.254 e. The minimum atomic E-state index is -0.767. The van der Waals surface area contributed by atoms with Gasteiger partial charge in [-0.2, -0.15) is 0 Å². The third-order valence-electron chi connectivity index (χ3n) is 4.11. The summed E-state index contributed by atoms with van der Waals surface area (Å²) in [7, 11) is -0.767. The molecule has 0 N–H and O–H groups in total. The average molecular weight is 334 g/mol. The Morgan fingerprint density at radius 3 is 1.75 bits per heavy atom. The van der Waals surface area contributed by atoms with Gasteiger partial charge in [-0.3, -0.25) is 4.21 Å². The Morgan fingerprint density at radius 2 is 1.30 bits per heavy atom. The molecule has 0 heterocycles. The van der Waals surface area contributed by atoms with E-state index in [1.165, 1.54) is 50.5 Å². The smallest absolute Gasteiger partial charge is 0.0560 e. The summed E-state index contributed by atoms with van der Waals surface area (Å²) in [6.45, 7) is 2.06. The van der Waals surface area contributed by atoms with Crippen LogP contribution >= 0.6 is 0 Å². The molecule has 1 aromatic carbocycles. The second-order valence-corrected chi connectivity index (χ2v) is 7.52. The van der Waals surface area contributed by atoms with Crippen LogP contribution in [-0.4, -0.2) is 9.46 Å². The Bertz CT molecular complexity index is 384. The molecule has 0 amide bonds. The monoisotopic (exact) mass is 334 g/mol. The molecular formula is C17H26FeOS. The summed E-state index contributed by atoms with van der Waals surface area (Å²) in [5.74, 6) is 0. The maximum atomic E-state index is 12.1. The maximum absolute atomic E-state index is 12.1. The van der Waals surface area contributed by atoms with Crippen LogP contribution in [0.25, 0.3) is 0 Å². The molecule has 20 heavy (non-hydrogen) atoms. The van der Waals surface area contributed by atoms with Crippen LogP contribution in [0.5, 0.6) is 0 Å². The van der Waals surface area contributed by atoms with Crippen LogP contribution in [0.2, 0.25) is 0 Å². The first-order chi connectivity index (χ1) is 9.27. The molecule has 1 aromatic rings. The van der Waals surface area contributed by atoms with Gasteiger partial charge in [-0.05, 0) is 31.9 Å². The molecule has 0 spiro atoms. The molecule has 3 heteroatoms. The normalized spacial score (nSPS) is 19.9. The van der Waals surface area contributed by atoms with E-state index in [-0.39, 0.29) is 17.1 Å². The quantitative estimate of drug-likeness (QED) is 0.696. The predicted molar refractivity (Wildman–Crippen MR) is 82.9 cm³/mol. The maximum Gasteiger partial charge on any atom is 0.0560 e. The van der Waals surface area contributed by atoms with E-state index in [1.807, 2.05) is 24.3 Å². The van der Waals surface area contributed by atoms with Crippen molar-refractivity contribution < 1.29 is 21.3 Å². The van der Waals surface area contributed by atoms with Crippen molar-refractivity contribution in [3.05, 3.63) is 29.8 Å². The number of benzene rings is 1. The van der Waals surface area contributed by atoms with E-state index in [0.29, 0.717) is 5.25 Å². The van der Waals surface area contributed by atoms with Gasteiger partial charge in [-0.25, -0.2) is 0 Å². The standard InChI is InChI=1S/C12H16OS.C5H10.Fe/c1-10-6-8-12(9-7-10)14(13)11-4-2-3-5-11;1-2-4-5-3-1;/h6-9,11H,2-5H2,1H3;1-5H2;/t14-;;/m0../s1. The van der Waals surface area contributed by atoms with Crippen LogP contribution in [0.1, 0.15) is 63.4 Å². The molecule has 2 saturated carbocycles. The van der Waals surface area contributed by atoms with E-state index in [9.17, 15) is 4.21 Å². The molecule has 1 nitrogen and oxygen atoms in total. The number of rotatable bonds is 2. The number of hydrogen-bond acceptors (Lipinski definition) is 1. The van der Waals surface area contributed by atoms with Gasteiger partial charge in [0, 0.05) is 27.2 Å². The summed E-state index contributed by atoms with van der Waals surface area (Å²) in [5, 5.41) is 0.415.